The Kier molecular flexibility index (Phi) is 6.52. The van der Waals surface area contributed by atoms with E-state index < -0.39 is 0 Å². The lowest BCUT2D eigenvalue weighted by Gasteiger charge is -2.43. The lowest BCUT2D eigenvalue weighted by molar-refractivity contribution is -0.118. The van der Waals surface area contributed by atoms with E-state index in [9.17, 15) is 14.0 Å². The Balaban J connectivity index is 1.82. The number of hydrogen-bond acceptors (Lipinski definition) is 2. The minimum absolute atomic E-state index is 0.000594. The summed E-state index contributed by atoms with van der Waals surface area (Å²) in [4.78, 5) is 30.2. The maximum atomic E-state index is 13.5. The molecule has 6 heteroatoms. The Morgan fingerprint density at radius 2 is 1.73 bits per heavy atom. The Labute approximate surface area is 198 Å². The fraction of sp³-hybridized carbons (Fsp3) is 0.259. The topological polar surface area (TPSA) is 40.6 Å². The van der Waals surface area contributed by atoms with Gasteiger partial charge in [-0.1, -0.05) is 30.7 Å². The second-order valence-electron chi connectivity index (χ2n) is 8.44. The van der Waals surface area contributed by atoms with Gasteiger partial charge in [-0.2, -0.15) is 0 Å². The summed E-state index contributed by atoms with van der Waals surface area (Å²) in [6.45, 7) is 5.80. The van der Waals surface area contributed by atoms with Gasteiger partial charge < -0.3 is 9.80 Å². The van der Waals surface area contributed by atoms with Gasteiger partial charge in [-0.15, -0.1) is 0 Å². The minimum atomic E-state index is -0.383. The molecule has 3 aromatic carbocycles. The summed E-state index contributed by atoms with van der Waals surface area (Å²) in [5.74, 6) is -0.571. The molecule has 0 radical (unpaired) electrons. The molecule has 0 unspecified atom stereocenters. The van der Waals surface area contributed by atoms with Crippen molar-refractivity contribution in [2.75, 3.05) is 9.80 Å². The lowest BCUT2D eigenvalue weighted by Crippen LogP contribution is -2.47. The van der Waals surface area contributed by atoms with Crippen LogP contribution < -0.4 is 9.80 Å². The van der Waals surface area contributed by atoms with E-state index in [0.717, 1.165) is 22.5 Å². The summed E-state index contributed by atoms with van der Waals surface area (Å²) in [6, 6.07) is 18.4. The van der Waals surface area contributed by atoms with Crippen molar-refractivity contribution in [1.29, 1.82) is 0 Å². The second-order valence-corrected chi connectivity index (χ2v) is 8.87. The number of fused-ring (bicyclic) bond motifs is 1. The van der Waals surface area contributed by atoms with Gasteiger partial charge in [0.25, 0.3) is 5.91 Å². The summed E-state index contributed by atoms with van der Waals surface area (Å²) in [5, 5.41) is 0.603. The molecular formula is C27H26ClFN2O2. The van der Waals surface area contributed by atoms with Gasteiger partial charge in [-0.25, -0.2) is 4.39 Å². The van der Waals surface area contributed by atoms with E-state index >= 15 is 0 Å². The first kappa shape index (κ1) is 23.0. The van der Waals surface area contributed by atoms with Crippen molar-refractivity contribution in [3.63, 3.8) is 0 Å². The number of halogens is 2. The number of carbonyl (C=O) groups is 2. The van der Waals surface area contributed by atoms with E-state index in [1.807, 2.05) is 56.0 Å². The van der Waals surface area contributed by atoms with Crippen LogP contribution in [0.3, 0.4) is 0 Å². The van der Waals surface area contributed by atoms with Gasteiger partial charge in [0.1, 0.15) is 5.82 Å². The fourth-order valence-corrected chi connectivity index (χ4v) is 4.62. The van der Waals surface area contributed by atoms with Crippen LogP contribution in [0.25, 0.3) is 0 Å². The first-order valence-electron chi connectivity index (χ1n) is 11.1. The summed E-state index contributed by atoms with van der Waals surface area (Å²) in [5.41, 5.74) is 3.89. The molecule has 0 aromatic heterocycles. The fourth-order valence-electron chi connectivity index (χ4n) is 4.49. The van der Waals surface area contributed by atoms with Crippen LogP contribution in [0, 0.1) is 12.7 Å². The molecule has 33 heavy (non-hydrogen) atoms. The van der Waals surface area contributed by atoms with Crippen molar-refractivity contribution >= 4 is 34.8 Å². The van der Waals surface area contributed by atoms with E-state index in [0.29, 0.717) is 23.4 Å². The maximum Gasteiger partial charge on any atom is 0.258 e. The van der Waals surface area contributed by atoms with Crippen LogP contribution in [-0.2, 0) is 4.79 Å². The van der Waals surface area contributed by atoms with Crippen LogP contribution in [0.5, 0.6) is 0 Å². The number of hydrogen-bond donors (Lipinski definition) is 0. The monoisotopic (exact) mass is 464 g/mol. The Morgan fingerprint density at radius 3 is 2.36 bits per heavy atom. The smallest absolute Gasteiger partial charge is 0.258 e. The standard InChI is InChI=1S/C27H26ClFN2O2/c1-4-26(32)31(22-12-8-20(28)9-13-22)25-16-18(3)30(24-15-17(2)5-14-23(24)25)27(33)19-6-10-21(29)11-7-19/h5-15,18,25H,4,16H2,1-3H3/t18-,25+/m0/s1. The highest BCUT2D eigenvalue weighted by Crippen LogP contribution is 2.43. The van der Waals surface area contributed by atoms with Gasteiger partial charge >= 0.3 is 0 Å². The van der Waals surface area contributed by atoms with Gasteiger partial charge in [0.2, 0.25) is 5.91 Å². The maximum absolute atomic E-state index is 13.5. The van der Waals surface area contributed by atoms with E-state index in [2.05, 4.69) is 0 Å². The zero-order chi connectivity index (χ0) is 23.7. The van der Waals surface area contributed by atoms with Crippen LogP contribution in [0.2, 0.25) is 5.02 Å². The third kappa shape index (κ3) is 4.51. The molecule has 4 nitrogen and oxygen atoms in total. The third-order valence-electron chi connectivity index (χ3n) is 6.11. The highest BCUT2D eigenvalue weighted by atomic mass is 35.5. The molecule has 1 aliphatic heterocycles. The summed E-state index contributed by atoms with van der Waals surface area (Å²) in [7, 11) is 0. The average molecular weight is 465 g/mol. The average Bonchev–Trinajstić information content (AvgIpc) is 2.80. The summed E-state index contributed by atoms with van der Waals surface area (Å²) in [6.07, 6.45) is 0.921. The summed E-state index contributed by atoms with van der Waals surface area (Å²) >= 11 is 6.09. The van der Waals surface area contributed by atoms with Gasteiger partial charge in [0.15, 0.2) is 0 Å². The predicted molar refractivity (Wildman–Crippen MR) is 130 cm³/mol. The van der Waals surface area contributed by atoms with E-state index in [1.54, 1.807) is 17.0 Å². The number of amides is 2. The Bertz CT molecular complexity index is 1180. The molecular weight excluding hydrogens is 439 g/mol. The van der Waals surface area contributed by atoms with Crippen LogP contribution in [-0.4, -0.2) is 17.9 Å². The van der Waals surface area contributed by atoms with Crippen molar-refractivity contribution in [1.82, 2.24) is 0 Å². The number of anilines is 2. The Hall–Kier alpha value is -3.18. The molecule has 0 bridgehead atoms. The van der Waals surface area contributed by atoms with Gasteiger partial charge in [0, 0.05) is 34.4 Å². The van der Waals surface area contributed by atoms with Crippen molar-refractivity contribution in [2.45, 2.75) is 45.7 Å². The normalized spacial score (nSPS) is 17.4. The zero-order valence-electron chi connectivity index (χ0n) is 18.9. The molecule has 3 aromatic rings. The van der Waals surface area contributed by atoms with Crippen molar-refractivity contribution in [3.8, 4) is 0 Å². The van der Waals surface area contributed by atoms with Crippen LogP contribution in [0.4, 0.5) is 15.8 Å². The van der Waals surface area contributed by atoms with E-state index in [-0.39, 0.29) is 29.7 Å². The molecule has 0 saturated carbocycles. The van der Waals surface area contributed by atoms with Gasteiger partial charge in [-0.05, 0) is 86.0 Å². The lowest BCUT2D eigenvalue weighted by atomic mass is 9.88. The first-order valence-corrected chi connectivity index (χ1v) is 11.4. The number of aryl methyl sites for hydroxylation is 1. The highest BCUT2D eigenvalue weighted by Gasteiger charge is 2.38. The molecule has 4 rings (SSSR count). The molecule has 1 aliphatic rings. The molecule has 2 amide bonds. The zero-order valence-corrected chi connectivity index (χ0v) is 19.6. The van der Waals surface area contributed by atoms with Gasteiger partial charge in [0.05, 0.1) is 6.04 Å². The molecule has 0 fully saturated rings. The number of carbonyl (C=O) groups excluding carboxylic acids is 2. The second kappa shape index (κ2) is 9.36. The van der Waals surface area contributed by atoms with E-state index in [4.69, 9.17) is 11.6 Å². The molecule has 0 aliphatic carbocycles. The third-order valence-corrected chi connectivity index (χ3v) is 6.36. The predicted octanol–water partition coefficient (Wildman–Crippen LogP) is 6.71. The molecule has 0 spiro atoms. The molecule has 0 N–H and O–H groups in total. The number of benzene rings is 3. The molecule has 170 valence electrons. The minimum Gasteiger partial charge on any atom is -0.305 e. The quantitative estimate of drug-likeness (QED) is 0.430. The molecule has 0 saturated heterocycles. The first-order chi connectivity index (χ1) is 15.8. The van der Waals surface area contributed by atoms with Crippen molar-refractivity contribution < 1.29 is 14.0 Å². The Morgan fingerprint density at radius 1 is 1.06 bits per heavy atom. The molecule has 2 atom stereocenters. The molecule has 1 heterocycles. The summed E-state index contributed by atoms with van der Waals surface area (Å²) < 4.78 is 13.4. The number of nitrogens with zero attached hydrogens (tertiary/aromatic N) is 2. The van der Waals surface area contributed by atoms with Crippen molar-refractivity contribution in [3.05, 3.63) is 94.3 Å². The van der Waals surface area contributed by atoms with Crippen LogP contribution >= 0.6 is 11.6 Å². The largest absolute Gasteiger partial charge is 0.305 e. The highest BCUT2D eigenvalue weighted by molar-refractivity contribution is 6.30. The SMILES string of the molecule is CCC(=O)N(c1ccc(Cl)cc1)[C@@H]1C[C@H](C)N(C(=O)c2ccc(F)cc2)c2cc(C)ccc21. The van der Waals surface area contributed by atoms with Crippen LogP contribution in [0.15, 0.2) is 66.7 Å². The van der Waals surface area contributed by atoms with Crippen molar-refractivity contribution in [2.24, 2.45) is 0 Å². The van der Waals surface area contributed by atoms with Gasteiger partial charge in [-0.3, -0.25) is 9.59 Å². The number of rotatable bonds is 4. The van der Waals surface area contributed by atoms with Crippen LogP contribution in [0.1, 0.15) is 54.2 Å². The van der Waals surface area contributed by atoms with E-state index in [1.165, 1.54) is 24.3 Å².